The smallest absolute Gasteiger partial charge is 0.335 e. The van der Waals surface area contributed by atoms with Crippen molar-refractivity contribution >= 4 is 23.5 Å². The standard InChI is InChI=1S/C20H17ClFN5O2/c21-14-3-1-8-23-17(14)20(6-2-7-20)11-25-19-24-10-16(26-27-19)13-9-12(18(28)29)4-5-15(13)22/h1,3-5,8-10H,2,6-7,11H2,(H,28,29)(H,24,25,27). The van der Waals surface area contributed by atoms with Crippen LogP contribution in [0.4, 0.5) is 10.3 Å². The molecule has 3 aromatic rings. The molecule has 0 saturated heterocycles. The molecule has 1 aliphatic rings. The number of anilines is 1. The lowest BCUT2D eigenvalue weighted by molar-refractivity contribution is 0.0697. The van der Waals surface area contributed by atoms with Gasteiger partial charge in [-0.05, 0) is 43.2 Å². The minimum atomic E-state index is -1.15. The molecule has 4 rings (SSSR count). The van der Waals surface area contributed by atoms with Crippen molar-refractivity contribution in [3.05, 3.63) is 64.8 Å². The van der Waals surface area contributed by atoms with Crippen LogP contribution in [-0.4, -0.2) is 37.8 Å². The maximum absolute atomic E-state index is 14.1. The summed E-state index contributed by atoms with van der Waals surface area (Å²) in [5.41, 5.74) is 0.832. The Labute approximate surface area is 171 Å². The van der Waals surface area contributed by atoms with Crippen molar-refractivity contribution in [1.82, 2.24) is 20.2 Å². The SMILES string of the molecule is O=C(O)c1ccc(F)c(-c2cnc(NCC3(c4ncccc4Cl)CCC3)nn2)c1. The average molecular weight is 414 g/mol. The molecule has 1 aromatic carbocycles. The molecule has 29 heavy (non-hydrogen) atoms. The van der Waals surface area contributed by atoms with E-state index < -0.39 is 11.8 Å². The second-order valence-electron chi connectivity index (χ2n) is 6.99. The van der Waals surface area contributed by atoms with Gasteiger partial charge in [-0.25, -0.2) is 14.2 Å². The molecule has 0 radical (unpaired) electrons. The second kappa shape index (κ2) is 7.71. The summed E-state index contributed by atoms with van der Waals surface area (Å²) in [6, 6.07) is 7.12. The van der Waals surface area contributed by atoms with E-state index in [2.05, 4.69) is 25.5 Å². The summed E-state index contributed by atoms with van der Waals surface area (Å²) in [7, 11) is 0. The third kappa shape index (κ3) is 3.75. The summed E-state index contributed by atoms with van der Waals surface area (Å²) < 4.78 is 14.1. The van der Waals surface area contributed by atoms with Crippen LogP contribution >= 0.6 is 11.6 Å². The molecule has 0 bridgehead atoms. The third-order valence-electron chi connectivity index (χ3n) is 5.21. The van der Waals surface area contributed by atoms with Crippen molar-refractivity contribution in [3.63, 3.8) is 0 Å². The van der Waals surface area contributed by atoms with Crippen LogP contribution in [0.25, 0.3) is 11.3 Å². The van der Waals surface area contributed by atoms with E-state index in [1.165, 1.54) is 18.3 Å². The van der Waals surface area contributed by atoms with Gasteiger partial charge < -0.3 is 10.4 Å². The molecule has 2 heterocycles. The Morgan fingerprint density at radius 3 is 2.69 bits per heavy atom. The van der Waals surface area contributed by atoms with Crippen LogP contribution in [0.1, 0.15) is 35.3 Å². The van der Waals surface area contributed by atoms with Crippen LogP contribution in [0.3, 0.4) is 0 Å². The van der Waals surface area contributed by atoms with Gasteiger partial charge in [0.05, 0.1) is 22.5 Å². The van der Waals surface area contributed by atoms with Gasteiger partial charge in [-0.2, -0.15) is 0 Å². The summed E-state index contributed by atoms with van der Waals surface area (Å²) in [5.74, 6) is -1.45. The number of hydrogen-bond donors (Lipinski definition) is 2. The van der Waals surface area contributed by atoms with E-state index in [0.29, 0.717) is 17.5 Å². The Hall–Kier alpha value is -3.13. The Morgan fingerprint density at radius 2 is 2.07 bits per heavy atom. The summed E-state index contributed by atoms with van der Waals surface area (Å²) in [6.07, 6.45) is 6.09. The van der Waals surface area contributed by atoms with Crippen molar-refractivity contribution in [1.29, 1.82) is 0 Å². The Balaban J connectivity index is 1.51. The first-order valence-electron chi connectivity index (χ1n) is 9.06. The van der Waals surface area contributed by atoms with Crippen molar-refractivity contribution in [2.45, 2.75) is 24.7 Å². The second-order valence-corrected chi connectivity index (χ2v) is 7.40. The lowest BCUT2D eigenvalue weighted by atomic mass is 9.66. The number of rotatable bonds is 6. The highest BCUT2D eigenvalue weighted by atomic mass is 35.5. The maximum Gasteiger partial charge on any atom is 0.335 e. The number of nitrogens with zero attached hydrogens (tertiary/aromatic N) is 4. The van der Waals surface area contributed by atoms with E-state index in [1.807, 2.05) is 6.07 Å². The molecule has 1 aliphatic carbocycles. The number of carboxylic acid groups (broad SMARTS) is 1. The molecule has 0 unspecified atom stereocenters. The van der Waals surface area contributed by atoms with Crippen molar-refractivity contribution in [2.75, 3.05) is 11.9 Å². The molecule has 7 nitrogen and oxygen atoms in total. The first-order chi connectivity index (χ1) is 14.0. The first-order valence-corrected chi connectivity index (χ1v) is 9.44. The monoisotopic (exact) mass is 413 g/mol. The minimum absolute atomic E-state index is 0.0344. The van der Waals surface area contributed by atoms with E-state index in [1.54, 1.807) is 12.3 Å². The van der Waals surface area contributed by atoms with Crippen LogP contribution in [-0.2, 0) is 5.41 Å². The van der Waals surface area contributed by atoms with E-state index in [4.69, 9.17) is 16.7 Å². The van der Waals surface area contributed by atoms with Gasteiger partial charge in [0.2, 0.25) is 5.95 Å². The Morgan fingerprint density at radius 1 is 1.24 bits per heavy atom. The summed E-state index contributed by atoms with van der Waals surface area (Å²) in [6.45, 7) is 0.549. The maximum atomic E-state index is 14.1. The van der Waals surface area contributed by atoms with E-state index in [9.17, 15) is 9.18 Å². The van der Waals surface area contributed by atoms with Crippen LogP contribution in [0.2, 0.25) is 5.02 Å². The normalized spacial score (nSPS) is 14.8. The lowest BCUT2D eigenvalue weighted by Gasteiger charge is -2.41. The van der Waals surface area contributed by atoms with Gasteiger partial charge in [-0.3, -0.25) is 4.98 Å². The van der Waals surface area contributed by atoms with E-state index >= 15 is 0 Å². The van der Waals surface area contributed by atoms with Crippen LogP contribution in [0.15, 0.2) is 42.7 Å². The van der Waals surface area contributed by atoms with E-state index in [-0.39, 0.29) is 22.2 Å². The molecule has 0 spiro atoms. The van der Waals surface area contributed by atoms with E-state index in [0.717, 1.165) is 31.0 Å². The minimum Gasteiger partial charge on any atom is -0.478 e. The highest BCUT2D eigenvalue weighted by Crippen LogP contribution is 2.45. The van der Waals surface area contributed by atoms with Gasteiger partial charge in [0.1, 0.15) is 11.5 Å². The fourth-order valence-electron chi connectivity index (χ4n) is 3.46. The zero-order chi connectivity index (χ0) is 20.4. The number of carboxylic acids is 1. The molecule has 0 amide bonds. The third-order valence-corrected chi connectivity index (χ3v) is 5.51. The Bertz CT molecular complexity index is 1060. The molecule has 9 heteroatoms. The van der Waals surface area contributed by atoms with Crippen molar-refractivity contribution in [2.24, 2.45) is 0 Å². The molecule has 0 aliphatic heterocycles. The molecular weight excluding hydrogens is 397 g/mol. The number of benzene rings is 1. The number of hydrogen-bond acceptors (Lipinski definition) is 6. The van der Waals surface area contributed by atoms with Gasteiger partial charge >= 0.3 is 5.97 Å². The molecule has 148 valence electrons. The zero-order valence-electron chi connectivity index (χ0n) is 15.3. The molecule has 1 fully saturated rings. The van der Waals surface area contributed by atoms with Gasteiger partial charge in [0.15, 0.2) is 0 Å². The number of aromatic nitrogens is 4. The van der Waals surface area contributed by atoms with Crippen molar-refractivity contribution in [3.8, 4) is 11.3 Å². The fourth-order valence-corrected chi connectivity index (χ4v) is 3.78. The quantitative estimate of drug-likeness (QED) is 0.630. The number of aromatic carboxylic acids is 1. The largest absolute Gasteiger partial charge is 0.478 e. The summed E-state index contributed by atoms with van der Waals surface area (Å²) >= 11 is 6.33. The van der Waals surface area contributed by atoms with Crippen molar-refractivity contribution < 1.29 is 14.3 Å². The van der Waals surface area contributed by atoms with Gasteiger partial charge in [-0.15, -0.1) is 10.2 Å². The van der Waals surface area contributed by atoms with Crippen LogP contribution in [0, 0.1) is 5.82 Å². The molecule has 1 saturated carbocycles. The number of pyridine rings is 1. The number of nitrogens with one attached hydrogen (secondary N) is 1. The number of halogens is 2. The van der Waals surface area contributed by atoms with Gasteiger partial charge in [0.25, 0.3) is 0 Å². The molecular formula is C20H17ClFN5O2. The van der Waals surface area contributed by atoms with Crippen LogP contribution in [0.5, 0.6) is 0 Å². The average Bonchev–Trinajstić information content (AvgIpc) is 2.69. The molecule has 2 aromatic heterocycles. The topological polar surface area (TPSA) is 101 Å². The molecule has 2 N–H and O–H groups in total. The summed E-state index contributed by atoms with van der Waals surface area (Å²) in [5, 5.41) is 20.9. The predicted molar refractivity (Wildman–Crippen MR) is 105 cm³/mol. The predicted octanol–water partition coefficient (Wildman–Crippen LogP) is 3.96. The molecule has 0 atom stereocenters. The van der Waals surface area contributed by atoms with Gasteiger partial charge in [0, 0.05) is 23.7 Å². The first kappa shape index (κ1) is 19.2. The number of carbonyl (C=O) groups is 1. The Kier molecular flexibility index (Phi) is 5.10. The highest BCUT2D eigenvalue weighted by Gasteiger charge is 2.41. The van der Waals surface area contributed by atoms with Crippen LogP contribution < -0.4 is 5.32 Å². The fraction of sp³-hybridized carbons (Fsp3) is 0.250. The summed E-state index contributed by atoms with van der Waals surface area (Å²) in [4.78, 5) is 19.8. The lowest BCUT2D eigenvalue weighted by Crippen LogP contribution is -2.42. The zero-order valence-corrected chi connectivity index (χ0v) is 16.0. The van der Waals surface area contributed by atoms with Gasteiger partial charge in [-0.1, -0.05) is 18.0 Å². The highest BCUT2D eigenvalue weighted by molar-refractivity contribution is 6.31.